The number of anilines is 1. The van der Waals surface area contributed by atoms with Crippen LogP contribution in [-0.4, -0.2) is 91.2 Å². The van der Waals surface area contributed by atoms with Crippen LogP contribution in [0.15, 0.2) is 42.6 Å². The number of aromatic nitrogens is 1. The van der Waals surface area contributed by atoms with Gasteiger partial charge in [0.1, 0.15) is 6.04 Å². The summed E-state index contributed by atoms with van der Waals surface area (Å²) in [5.41, 5.74) is 4.02. The molecule has 2 fully saturated rings. The van der Waals surface area contributed by atoms with Crippen molar-refractivity contribution in [2.24, 2.45) is 0 Å². The molecule has 2 saturated heterocycles. The van der Waals surface area contributed by atoms with Gasteiger partial charge in [-0.05, 0) is 18.6 Å². The maximum Gasteiger partial charge on any atom is 0.241 e. The Morgan fingerprint density at radius 1 is 1.17 bits per heavy atom. The highest BCUT2D eigenvalue weighted by Crippen LogP contribution is 2.40. The van der Waals surface area contributed by atoms with Gasteiger partial charge in [-0.1, -0.05) is 44.2 Å². The van der Waals surface area contributed by atoms with E-state index in [1.165, 1.54) is 5.56 Å². The van der Waals surface area contributed by atoms with Crippen molar-refractivity contribution in [2.45, 2.75) is 44.7 Å². The van der Waals surface area contributed by atoms with Gasteiger partial charge in [0.05, 0.1) is 25.4 Å². The molecule has 192 valence electrons. The summed E-state index contributed by atoms with van der Waals surface area (Å²) in [5.74, 6) is 0.120. The van der Waals surface area contributed by atoms with Crippen molar-refractivity contribution in [1.29, 1.82) is 0 Å². The number of fused-ring (bicyclic) bond motifs is 1. The fraction of sp³-hybridized carbons (Fsp3) is 0.536. The number of benzene rings is 1. The average Bonchev–Trinajstić information content (AvgIpc) is 3.15. The van der Waals surface area contributed by atoms with Crippen molar-refractivity contribution >= 4 is 17.5 Å². The van der Waals surface area contributed by atoms with E-state index in [0.29, 0.717) is 45.9 Å². The SMILES string of the molecule is C[C@@H]1CN(CC(=O)N2CC(C)(C)c3cnc(Cc4ccccc4)cc32)[C@@H](C(=O)N2CCOCC2)CN1. The number of hydrogen-bond donors (Lipinski definition) is 1. The number of nitrogens with zero attached hydrogens (tertiary/aromatic N) is 4. The summed E-state index contributed by atoms with van der Waals surface area (Å²) in [4.78, 5) is 37.7. The van der Waals surface area contributed by atoms with Crippen LogP contribution in [0.25, 0.3) is 0 Å². The molecule has 8 heteroatoms. The molecule has 2 atom stereocenters. The number of morpholine rings is 1. The molecule has 36 heavy (non-hydrogen) atoms. The van der Waals surface area contributed by atoms with E-state index in [9.17, 15) is 9.59 Å². The first-order valence-corrected chi connectivity index (χ1v) is 13.0. The van der Waals surface area contributed by atoms with Gasteiger partial charge in [-0.15, -0.1) is 0 Å². The van der Waals surface area contributed by atoms with E-state index in [1.54, 1.807) is 0 Å². The van der Waals surface area contributed by atoms with E-state index in [2.05, 4.69) is 49.2 Å². The standard InChI is InChI=1S/C28H37N5O3/c1-20-17-32(25(16-29-20)27(35)31-9-11-36-12-10-31)18-26(34)33-19-28(2,3)23-15-30-22(14-24(23)33)13-21-7-5-4-6-8-21/h4-8,14-15,20,25,29H,9-13,16-19H2,1-3H3/t20-,25-/m1/s1. The van der Waals surface area contributed by atoms with Gasteiger partial charge in [0.25, 0.3) is 0 Å². The van der Waals surface area contributed by atoms with Crippen molar-refractivity contribution in [2.75, 3.05) is 57.4 Å². The predicted molar refractivity (Wildman–Crippen MR) is 139 cm³/mol. The summed E-state index contributed by atoms with van der Waals surface area (Å²) in [6.07, 6.45) is 2.67. The molecule has 0 aliphatic carbocycles. The Balaban J connectivity index is 1.35. The van der Waals surface area contributed by atoms with Crippen LogP contribution >= 0.6 is 0 Å². The average molecular weight is 492 g/mol. The van der Waals surface area contributed by atoms with Crippen LogP contribution in [0.4, 0.5) is 5.69 Å². The van der Waals surface area contributed by atoms with Crippen molar-refractivity contribution < 1.29 is 14.3 Å². The third-order valence-corrected chi connectivity index (χ3v) is 7.60. The second-order valence-electron chi connectivity index (χ2n) is 10.9. The summed E-state index contributed by atoms with van der Waals surface area (Å²) >= 11 is 0. The molecule has 2 aromatic rings. The Morgan fingerprint density at radius 3 is 2.67 bits per heavy atom. The molecule has 4 heterocycles. The first kappa shape index (κ1) is 24.9. The van der Waals surface area contributed by atoms with Crippen LogP contribution in [-0.2, 0) is 26.2 Å². The van der Waals surface area contributed by atoms with Gasteiger partial charge < -0.3 is 19.9 Å². The number of hydrogen-bond acceptors (Lipinski definition) is 6. The van der Waals surface area contributed by atoms with Crippen molar-refractivity contribution in [3.63, 3.8) is 0 Å². The summed E-state index contributed by atoms with van der Waals surface area (Å²) in [6, 6.07) is 12.2. The second-order valence-corrected chi connectivity index (χ2v) is 10.9. The first-order valence-electron chi connectivity index (χ1n) is 13.0. The number of pyridine rings is 1. The van der Waals surface area contributed by atoms with Gasteiger partial charge >= 0.3 is 0 Å². The normalized spacial score (nSPS) is 24.0. The summed E-state index contributed by atoms with van der Waals surface area (Å²) in [6.45, 7) is 10.8. The number of carbonyl (C=O) groups is 2. The Labute approximate surface area is 213 Å². The number of carbonyl (C=O) groups excluding carboxylic acids is 2. The van der Waals surface area contributed by atoms with Gasteiger partial charge in [-0.2, -0.15) is 0 Å². The highest BCUT2D eigenvalue weighted by Gasteiger charge is 2.41. The zero-order valence-electron chi connectivity index (χ0n) is 21.6. The number of amides is 2. The van der Waals surface area contributed by atoms with Crippen molar-refractivity contribution in [3.05, 3.63) is 59.4 Å². The largest absolute Gasteiger partial charge is 0.378 e. The maximum absolute atomic E-state index is 13.8. The molecule has 0 radical (unpaired) electrons. The Morgan fingerprint density at radius 2 is 1.92 bits per heavy atom. The van der Waals surface area contributed by atoms with Gasteiger partial charge in [0.2, 0.25) is 11.8 Å². The summed E-state index contributed by atoms with van der Waals surface area (Å²) in [5, 5.41) is 3.43. The van der Waals surface area contributed by atoms with Crippen LogP contribution in [0.2, 0.25) is 0 Å². The zero-order chi connectivity index (χ0) is 25.3. The van der Waals surface area contributed by atoms with Gasteiger partial charge in [0, 0.05) is 68.1 Å². The molecule has 3 aliphatic rings. The fourth-order valence-electron chi connectivity index (χ4n) is 5.58. The molecule has 0 spiro atoms. The molecule has 1 N–H and O–H groups in total. The van der Waals surface area contributed by atoms with Gasteiger partial charge in [0.15, 0.2) is 0 Å². The number of piperazine rings is 1. The Kier molecular flexibility index (Phi) is 7.10. The molecule has 0 saturated carbocycles. The maximum atomic E-state index is 13.8. The van der Waals surface area contributed by atoms with Crippen LogP contribution in [0.1, 0.15) is 37.6 Å². The van der Waals surface area contributed by atoms with Crippen molar-refractivity contribution in [3.8, 4) is 0 Å². The first-order chi connectivity index (χ1) is 17.3. The van der Waals surface area contributed by atoms with E-state index in [-0.39, 0.29) is 35.9 Å². The Bertz CT molecular complexity index is 1100. The lowest BCUT2D eigenvalue weighted by molar-refractivity contribution is -0.142. The molecule has 2 amide bonds. The van der Waals surface area contributed by atoms with E-state index in [4.69, 9.17) is 9.72 Å². The summed E-state index contributed by atoms with van der Waals surface area (Å²) in [7, 11) is 0. The van der Waals surface area contributed by atoms with Crippen molar-refractivity contribution in [1.82, 2.24) is 20.1 Å². The van der Waals surface area contributed by atoms with Crippen LogP contribution in [0, 0.1) is 0 Å². The highest BCUT2D eigenvalue weighted by atomic mass is 16.5. The van der Waals surface area contributed by atoms with E-state index >= 15 is 0 Å². The molecule has 3 aliphatic heterocycles. The lowest BCUT2D eigenvalue weighted by Gasteiger charge is -2.41. The molecule has 5 rings (SSSR count). The third-order valence-electron chi connectivity index (χ3n) is 7.60. The van der Waals surface area contributed by atoms with Crippen LogP contribution in [0.5, 0.6) is 0 Å². The van der Waals surface area contributed by atoms with Gasteiger partial charge in [-0.25, -0.2) is 0 Å². The monoisotopic (exact) mass is 491 g/mol. The van der Waals surface area contributed by atoms with E-state index < -0.39 is 0 Å². The second kappa shape index (κ2) is 10.3. The molecule has 1 aromatic carbocycles. The third kappa shape index (κ3) is 5.16. The van der Waals surface area contributed by atoms with E-state index in [1.807, 2.05) is 34.2 Å². The number of ether oxygens (including phenoxy) is 1. The number of rotatable bonds is 5. The lowest BCUT2D eigenvalue weighted by Crippen LogP contribution is -2.63. The molecule has 1 aromatic heterocycles. The molecule has 0 bridgehead atoms. The zero-order valence-corrected chi connectivity index (χ0v) is 21.6. The topological polar surface area (TPSA) is 78.0 Å². The van der Waals surface area contributed by atoms with Crippen LogP contribution in [0.3, 0.4) is 0 Å². The van der Waals surface area contributed by atoms with Gasteiger partial charge in [-0.3, -0.25) is 19.5 Å². The Hall–Kier alpha value is -2.81. The highest BCUT2D eigenvalue weighted by molar-refractivity contribution is 5.98. The van der Waals surface area contributed by atoms with Crippen LogP contribution < -0.4 is 10.2 Å². The molecular formula is C28H37N5O3. The number of nitrogens with one attached hydrogen (secondary N) is 1. The molecule has 0 unspecified atom stereocenters. The fourth-order valence-corrected chi connectivity index (χ4v) is 5.58. The molecule has 8 nitrogen and oxygen atoms in total. The predicted octanol–water partition coefficient (Wildman–Crippen LogP) is 1.82. The minimum absolute atomic E-state index is 0.0348. The lowest BCUT2D eigenvalue weighted by atomic mass is 9.88. The van der Waals surface area contributed by atoms with E-state index in [0.717, 1.165) is 23.4 Å². The quantitative estimate of drug-likeness (QED) is 0.688. The molecular weight excluding hydrogens is 454 g/mol. The minimum atomic E-state index is -0.343. The smallest absolute Gasteiger partial charge is 0.241 e. The minimum Gasteiger partial charge on any atom is -0.378 e. The summed E-state index contributed by atoms with van der Waals surface area (Å²) < 4.78 is 5.42.